The highest BCUT2D eigenvalue weighted by molar-refractivity contribution is 5.51. The van der Waals surface area contributed by atoms with Crippen LogP contribution in [0.3, 0.4) is 0 Å². The standard InChI is InChI=1S/C18H22N4/c1-2-9-20-17(5-1)22-18-6-3-4-15(21-18)10-13-7-8-14-11-19-12-16(13)14/h1-6,9,13-14,16,19H,7-8,10-12H2,(H,20,21,22)/t13-,14-,16-/m1/s1. The zero-order chi connectivity index (χ0) is 14.8. The molecule has 1 aliphatic heterocycles. The molecule has 4 nitrogen and oxygen atoms in total. The molecule has 4 rings (SSSR count). The van der Waals surface area contributed by atoms with Crippen LogP contribution < -0.4 is 10.6 Å². The number of hydrogen-bond donors (Lipinski definition) is 2. The van der Waals surface area contributed by atoms with Gasteiger partial charge in [0.15, 0.2) is 0 Å². The molecule has 3 heterocycles. The zero-order valence-corrected chi connectivity index (χ0v) is 12.7. The highest BCUT2D eigenvalue weighted by atomic mass is 15.1. The lowest BCUT2D eigenvalue weighted by Crippen LogP contribution is -2.18. The normalized spacial score (nSPS) is 26.8. The molecular weight excluding hydrogens is 272 g/mol. The number of nitrogens with one attached hydrogen (secondary N) is 2. The Kier molecular flexibility index (Phi) is 3.77. The van der Waals surface area contributed by atoms with E-state index in [-0.39, 0.29) is 0 Å². The van der Waals surface area contributed by atoms with E-state index >= 15 is 0 Å². The molecule has 114 valence electrons. The number of rotatable bonds is 4. The summed E-state index contributed by atoms with van der Waals surface area (Å²) < 4.78 is 0. The van der Waals surface area contributed by atoms with Gasteiger partial charge < -0.3 is 10.6 Å². The highest BCUT2D eigenvalue weighted by Crippen LogP contribution is 2.40. The van der Waals surface area contributed by atoms with Crippen LogP contribution in [0.4, 0.5) is 11.6 Å². The molecule has 1 saturated carbocycles. The van der Waals surface area contributed by atoms with E-state index in [0.29, 0.717) is 0 Å². The second-order valence-electron chi connectivity index (χ2n) is 6.48. The first-order valence-electron chi connectivity index (χ1n) is 8.23. The van der Waals surface area contributed by atoms with Gasteiger partial charge in [0.25, 0.3) is 0 Å². The van der Waals surface area contributed by atoms with Gasteiger partial charge in [-0.05, 0) is 74.4 Å². The van der Waals surface area contributed by atoms with Crippen molar-refractivity contribution in [1.29, 1.82) is 0 Å². The van der Waals surface area contributed by atoms with Gasteiger partial charge in [0.2, 0.25) is 0 Å². The number of anilines is 2. The quantitative estimate of drug-likeness (QED) is 0.910. The minimum Gasteiger partial charge on any atom is -0.325 e. The molecule has 0 bridgehead atoms. The first-order valence-corrected chi connectivity index (χ1v) is 8.23. The van der Waals surface area contributed by atoms with Crippen molar-refractivity contribution in [3.63, 3.8) is 0 Å². The molecular formula is C18H22N4. The topological polar surface area (TPSA) is 49.8 Å². The molecule has 2 aliphatic rings. The summed E-state index contributed by atoms with van der Waals surface area (Å²) in [7, 11) is 0. The summed E-state index contributed by atoms with van der Waals surface area (Å²) in [6, 6.07) is 12.1. The van der Waals surface area contributed by atoms with Crippen LogP contribution in [0, 0.1) is 17.8 Å². The molecule has 2 aromatic heterocycles. The number of nitrogens with zero attached hydrogens (tertiary/aromatic N) is 2. The molecule has 4 heteroatoms. The lowest BCUT2D eigenvalue weighted by atomic mass is 9.89. The Morgan fingerprint density at radius 3 is 2.91 bits per heavy atom. The number of hydrogen-bond acceptors (Lipinski definition) is 4. The predicted octanol–water partition coefficient (Wildman–Crippen LogP) is 3.01. The van der Waals surface area contributed by atoms with Crippen molar-refractivity contribution < 1.29 is 0 Å². The van der Waals surface area contributed by atoms with Crippen molar-refractivity contribution in [2.45, 2.75) is 19.3 Å². The highest BCUT2D eigenvalue weighted by Gasteiger charge is 2.38. The Balaban J connectivity index is 1.45. The monoisotopic (exact) mass is 294 g/mol. The van der Waals surface area contributed by atoms with Crippen molar-refractivity contribution >= 4 is 11.6 Å². The van der Waals surface area contributed by atoms with Crippen molar-refractivity contribution in [1.82, 2.24) is 15.3 Å². The fraction of sp³-hybridized carbons (Fsp3) is 0.444. The Labute approximate surface area is 131 Å². The summed E-state index contributed by atoms with van der Waals surface area (Å²) >= 11 is 0. The van der Waals surface area contributed by atoms with Gasteiger partial charge in [-0.2, -0.15) is 0 Å². The van der Waals surface area contributed by atoms with Gasteiger partial charge in [-0.1, -0.05) is 12.1 Å². The third-order valence-electron chi connectivity index (χ3n) is 5.10. The average molecular weight is 294 g/mol. The van der Waals surface area contributed by atoms with Crippen molar-refractivity contribution in [2.24, 2.45) is 17.8 Å². The summed E-state index contributed by atoms with van der Waals surface area (Å²) in [5.74, 6) is 4.27. The molecule has 22 heavy (non-hydrogen) atoms. The van der Waals surface area contributed by atoms with Gasteiger partial charge in [0, 0.05) is 11.9 Å². The number of fused-ring (bicyclic) bond motifs is 1. The van der Waals surface area contributed by atoms with E-state index in [0.717, 1.165) is 35.8 Å². The van der Waals surface area contributed by atoms with Crippen molar-refractivity contribution in [3.05, 3.63) is 48.3 Å². The molecule has 0 spiro atoms. The van der Waals surface area contributed by atoms with E-state index in [1.165, 1.54) is 31.6 Å². The van der Waals surface area contributed by atoms with Crippen LogP contribution in [0.25, 0.3) is 0 Å². The first kappa shape index (κ1) is 13.7. The maximum absolute atomic E-state index is 4.77. The molecule has 0 unspecified atom stereocenters. The van der Waals surface area contributed by atoms with E-state index in [1.807, 2.05) is 24.3 Å². The maximum Gasteiger partial charge on any atom is 0.131 e. The second kappa shape index (κ2) is 6.05. The molecule has 0 aromatic carbocycles. The zero-order valence-electron chi connectivity index (χ0n) is 12.7. The molecule has 0 radical (unpaired) electrons. The Bertz CT molecular complexity index is 628. The van der Waals surface area contributed by atoms with Gasteiger partial charge in [-0.15, -0.1) is 0 Å². The largest absolute Gasteiger partial charge is 0.325 e. The summed E-state index contributed by atoms with van der Waals surface area (Å²) in [4.78, 5) is 9.07. The van der Waals surface area contributed by atoms with Gasteiger partial charge in [0.1, 0.15) is 11.6 Å². The van der Waals surface area contributed by atoms with Crippen LogP contribution in [0.5, 0.6) is 0 Å². The fourth-order valence-electron chi connectivity index (χ4n) is 4.02. The Morgan fingerprint density at radius 1 is 1.05 bits per heavy atom. The van der Waals surface area contributed by atoms with Crippen LogP contribution in [0.15, 0.2) is 42.6 Å². The van der Waals surface area contributed by atoms with Gasteiger partial charge in [-0.3, -0.25) is 0 Å². The minimum atomic E-state index is 0.789. The molecule has 1 saturated heterocycles. The fourth-order valence-corrected chi connectivity index (χ4v) is 4.02. The van der Waals surface area contributed by atoms with Gasteiger partial charge in [-0.25, -0.2) is 9.97 Å². The summed E-state index contributed by atoms with van der Waals surface area (Å²) in [6.45, 7) is 2.41. The summed E-state index contributed by atoms with van der Waals surface area (Å²) in [5, 5.41) is 6.82. The van der Waals surface area contributed by atoms with Crippen molar-refractivity contribution in [2.75, 3.05) is 18.4 Å². The van der Waals surface area contributed by atoms with Crippen molar-refractivity contribution in [3.8, 4) is 0 Å². The van der Waals surface area contributed by atoms with E-state index < -0.39 is 0 Å². The van der Waals surface area contributed by atoms with Gasteiger partial charge >= 0.3 is 0 Å². The molecule has 0 amide bonds. The smallest absolute Gasteiger partial charge is 0.131 e. The van der Waals surface area contributed by atoms with Crippen LogP contribution >= 0.6 is 0 Å². The predicted molar refractivity (Wildman–Crippen MR) is 88.0 cm³/mol. The van der Waals surface area contributed by atoms with Crippen LogP contribution in [0.1, 0.15) is 18.5 Å². The first-order chi connectivity index (χ1) is 10.9. The third-order valence-corrected chi connectivity index (χ3v) is 5.10. The lowest BCUT2D eigenvalue weighted by molar-refractivity contribution is 0.372. The minimum absolute atomic E-state index is 0.789. The molecule has 2 N–H and O–H groups in total. The molecule has 3 atom stereocenters. The third kappa shape index (κ3) is 2.83. The van der Waals surface area contributed by atoms with Crippen LogP contribution in [0.2, 0.25) is 0 Å². The molecule has 2 aromatic rings. The van der Waals surface area contributed by atoms with Crippen LogP contribution in [-0.4, -0.2) is 23.1 Å². The Hall–Kier alpha value is -1.94. The summed E-state index contributed by atoms with van der Waals surface area (Å²) in [5.41, 5.74) is 1.19. The maximum atomic E-state index is 4.77. The van der Waals surface area contributed by atoms with E-state index in [9.17, 15) is 0 Å². The summed E-state index contributed by atoms with van der Waals surface area (Å²) in [6.07, 6.45) is 5.63. The number of aromatic nitrogens is 2. The average Bonchev–Trinajstić information content (AvgIpc) is 3.14. The Morgan fingerprint density at radius 2 is 2.00 bits per heavy atom. The lowest BCUT2D eigenvalue weighted by Gasteiger charge is -2.17. The second-order valence-corrected chi connectivity index (χ2v) is 6.48. The SMILES string of the molecule is c1ccc(Nc2cccc(C[C@H]3CC[C@@H]4CNC[C@@H]43)n2)nc1. The molecule has 1 aliphatic carbocycles. The van der Waals surface area contributed by atoms with Crippen LogP contribution in [-0.2, 0) is 6.42 Å². The van der Waals surface area contributed by atoms with Gasteiger partial charge in [0.05, 0.1) is 0 Å². The number of pyridine rings is 2. The van der Waals surface area contributed by atoms with E-state index in [4.69, 9.17) is 4.98 Å². The van der Waals surface area contributed by atoms with E-state index in [1.54, 1.807) is 6.20 Å². The van der Waals surface area contributed by atoms with E-state index in [2.05, 4.69) is 27.8 Å². The molecule has 2 fully saturated rings.